The number of rotatable bonds is 1. The molecule has 0 unspecified atom stereocenters. The fraction of sp³-hybridized carbons (Fsp3) is 0.667. The zero-order valence-electron chi connectivity index (χ0n) is 10.3. The van der Waals surface area contributed by atoms with Gasteiger partial charge in [-0.15, -0.1) is 0 Å². The second kappa shape index (κ2) is 3.57. The predicted molar refractivity (Wildman–Crippen MR) is 60.1 cm³/mol. The Kier molecular flexibility index (Phi) is 2.54. The summed E-state index contributed by atoms with van der Waals surface area (Å²) in [5, 5.41) is 9.39. The Balaban J connectivity index is 2.21. The van der Waals surface area contributed by atoms with Crippen molar-refractivity contribution in [3.05, 3.63) is 12.2 Å². The molecular formula is C12H17NO4. The van der Waals surface area contributed by atoms with Crippen molar-refractivity contribution < 1.29 is 19.4 Å². The molecule has 0 aromatic heterocycles. The highest BCUT2D eigenvalue weighted by Gasteiger charge is 2.62. The van der Waals surface area contributed by atoms with Crippen molar-refractivity contribution in [2.75, 3.05) is 6.61 Å². The van der Waals surface area contributed by atoms with Crippen LogP contribution in [0.4, 0.5) is 4.79 Å². The second-order valence-corrected chi connectivity index (χ2v) is 5.59. The van der Waals surface area contributed by atoms with Crippen LogP contribution in [0.15, 0.2) is 12.2 Å². The molecule has 2 rings (SSSR count). The van der Waals surface area contributed by atoms with Crippen molar-refractivity contribution in [2.45, 2.75) is 38.3 Å². The van der Waals surface area contributed by atoms with Gasteiger partial charge in [-0.2, -0.15) is 0 Å². The lowest BCUT2D eigenvalue weighted by Gasteiger charge is -2.32. The quantitative estimate of drug-likeness (QED) is 0.743. The summed E-state index contributed by atoms with van der Waals surface area (Å²) in [6.07, 6.45) is 3.06. The van der Waals surface area contributed by atoms with Crippen LogP contribution in [0.2, 0.25) is 0 Å². The third-order valence-corrected chi connectivity index (χ3v) is 3.09. The highest BCUT2D eigenvalue weighted by atomic mass is 16.6. The zero-order valence-corrected chi connectivity index (χ0v) is 10.3. The molecule has 1 N–H and O–H groups in total. The van der Waals surface area contributed by atoms with Crippen LogP contribution in [0.1, 0.15) is 27.2 Å². The fourth-order valence-corrected chi connectivity index (χ4v) is 2.15. The molecule has 0 aromatic carbocycles. The summed E-state index contributed by atoms with van der Waals surface area (Å²) in [6, 6.07) is 0. The molecule has 1 aliphatic heterocycles. The molecule has 5 nitrogen and oxygen atoms in total. The molecule has 0 saturated heterocycles. The molecule has 1 heterocycles. The van der Waals surface area contributed by atoms with Gasteiger partial charge in [-0.05, 0) is 27.2 Å². The number of hydrogen-bond donors (Lipinski definition) is 1. The van der Waals surface area contributed by atoms with Crippen molar-refractivity contribution in [3.63, 3.8) is 0 Å². The summed E-state index contributed by atoms with van der Waals surface area (Å²) in [5.74, 6) is -0.347. The number of ether oxygens (including phenoxy) is 1. The first-order valence-electron chi connectivity index (χ1n) is 5.66. The third kappa shape index (κ3) is 1.95. The number of aliphatic hydroxyl groups is 1. The van der Waals surface area contributed by atoms with Gasteiger partial charge in [-0.3, -0.25) is 4.79 Å². The Labute approximate surface area is 100 Å². The van der Waals surface area contributed by atoms with Crippen LogP contribution in [0, 0.1) is 5.92 Å². The molecule has 0 aromatic rings. The lowest BCUT2D eigenvalue weighted by molar-refractivity contribution is -0.130. The largest absolute Gasteiger partial charge is 0.443 e. The molecule has 5 heteroatoms. The van der Waals surface area contributed by atoms with Gasteiger partial charge in [0.15, 0.2) is 0 Å². The molecular weight excluding hydrogens is 222 g/mol. The van der Waals surface area contributed by atoms with Crippen LogP contribution in [0.3, 0.4) is 0 Å². The maximum absolute atomic E-state index is 12.0. The molecule has 1 saturated carbocycles. The number of nitrogens with zero attached hydrogens (tertiary/aromatic N) is 1. The minimum Gasteiger partial charge on any atom is -0.443 e. The SMILES string of the molecule is CC(C)(C)OC(=O)N1C(=O)C=C[C@@H]2C[C@@]21CO. The smallest absolute Gasteiger partial charge is 0.417 e. The average Bonchev–Trinajstić information content (AvgIpc) is 2.89. The van der Waals surface area contributed by atoms with E-state index in [1.165, 1.54) is 6.08 Å². The first kappa shape index (κ1) is 12.1. The van der Waals surface area contributed by atoms with Crippen molar-refractivity contribution in [1.29, 1.82) is 0 Å². The summed E-state index contributed by atoms with van der Waals surface area (Å²) in [6.45, 7) is 5.01. The van der Waals surface area contributed by atoms with Crippen LogP contribution in [-0.4, -0.2) is 39.8 Å². The van der Waals surface area contributed by atoms with Gasteiger partial charge >= 0.3 is 6.09 Å². The molecule has 2 aliphatic rings. The van der Waals surface area contributed by atoms with E-state index < -0.39 is 23.1 Å². The van der Waals surface area contributed by atoms with E-state index in [-0.39, 0.29) is 12.5 Å². The number of aliphatic hydroxyl groups excluding tert-OH is 1. The van der Waals surface area contributed by atoms with Gasteiger partial charge in [0, 0.05) is 12.0 Å². The molecule has 0 bridgehead atoms. The Hall–Kier alpha value is -1.36. The maximum atomic E-state index is 12.0. The Morgan fingerprint density at radius 1 is 1.65 bits per heavy atom. The van der Waals surface area contributed by atoms with Gasteiger partial charge in [-0.1, -0.05) is 6.08 Å². The van der Waals surface area contributed by atoms with E-state index in [9.17, 15) is 14.7 Å². The standard InChI is InChI=1S/C12H17NO4/c1-11(2,3)17-10(16)13-9(15)5-4-8-6-12(8,13)7-14/h4-5,8,14H,6-7H2,1-3H3/t8-,12-/m1/s1. The maximum Gasteiger partial charge on any atom is 0.417 e. The summed E-state index contributed by atoms with van der Waals surface area (Å²) in [5.41, 5.74) is -1.41. The van der Waals surface area contributed by atoms with E-state index in [0.717, 1.165) is 4.90 Å². The lowest BCUT2D eigenvalue weighted by Crippen LogP contribution is -2.52. The third-order valence-electron chi connectivity index (χ3n) is 3.09. The predicted octanol–water partition coefficient (Wildman–Crippen LogP) is 1.07. The molecule has 1 fully saturated rings. The first-order chi connectivity index (χ1) is 7.80. The molecule has 17 heavy (non-hydrogen) atoms. The van der Waals surface area contributed by atoms with Crippen molar-refractivity contribution in [3.8, 4) is 0 Å². The van der Waals surface area contributed by atoms with Crippen molar-refractivity contribution >= 4 is 12.0 Å². The number of imide groups is 1. The highest BCUT2D eigenvalue weighted by Crippen LogP contribution is 2.51. The van der Waals surface area contributed by atoms with Crippen LogP contribution in [-0.2, 0) is 9.53 Å². The number of carbonyl (C=O) groups excluding carboxylic acids is 2. The van der Waals surface area contributed by atoms with E-state index in [1.54, 1.807) is 26.8 Å². The topological polar surface area (TPSA) is 66.8 Å². The van der Waals surface area contributed by atoms with Gasteiger partial charge in [0.05, 0.1) is 12.1 Å². The number of carbonyl (C=O) groups is 2. The summed E-state index contributed by atoms with van der Waals surface area (Å²) >= 11 is 0. The lowest BCUT2D eigenvalue weighted by atomic mass is 10.1. The van der Waals surface area contributed by atoms with E-state index >= 15 is 0 Å². The van der Waals surface area contributed by atoms with Crippen molar-refractivity contribution in [1.82, 2.24) is 4.90 Å². The van der Waals surface area contributed by atoms with Gasteiger partial charge in [0.1, 0.15) is 5.60 Å². The minimum absolute atomic E-state index is 0.0673. The highest BCUT2D eigenvalue weighted by molar-refractivity contribution is 6.01. The molecule has 2 amide bonds. The summed E-state index contributed by atoms with van der Waals surface area (Å²) in [7, 11) is 0. The Morgan fingerprint density at radius 3 is 2.82 bits per heavy atom. The van der Waals surface area contributed by atoms with E-state index in [2.05, 4.69) is 0 Å². The molecule has 2 atom stereocenters. The monoisotopic (exact) mass is 239 g/mol. The number of hydrogen-bond acceptors (Lipinski definition) is 4. The number of amides is 2. The molecule has 0 radical (unpaired) electrons. The first-order valence-corrected chi connectivity index (χ1v) is 5.66. The average molecular weight is 239 g/mol. The van der Waals surface area contributed by atoms with E-state index in [1.807, 2.05) is 0 Å². The zero-order chi connectivity index (χ0) is 12.8. The second-order valence-electron chi connectivity index (χ2n) is 5.59. The van der Waals surface area contributed by atoms with Crippen LogP contribution >= 0.6 is 0 Å². The molecule has 1 aliphatic carbocycles. The van der Waals surface area contributed by atoms with Gasteiger partial charge in [-0.25, -0.2) is 9.69 Å². The Bertz CT molecular complexity index is 396. The fourth-order valence-electron chi connectivity index (χ4n) is 2.15. The summed E-state index contributed by atoms with van der Waals surface area (Å²) < 4.78 is 5.19. The number of fused-ring (bicyclic) bond motifs is 1. The molecule has 0 spiro atoms. The van der Waals surface area contributed by atoms with Crippen LogP contribution in [0.25, 0.3) is 0 Å². The summed E-state index contributed by atoms with van der Waals surface area (Å²) in [4.78, 5) is 24.8. The van der Waals surface area contributed by atoms with Gasteiger partial charge < -0.3 is 9.84 Å². The van der Waals surface area contributed by atoms with E-state index in [4.69, 9.17) is 4.74 Å². The molecule has 94 valence electrons. The Morgan fingerprint density at radius 2 is 2.29 bits per heavy atom. The van der Waals surface area contributed by atoms with E-state index in [0.29, 0.717) is 6.42 Å². The minimum atomic E-state index is -0.756. The van der Waals surface area contributed by atoms with Crippen LogP contribution in [0.5, 0.6) is 0 Å². The van der Waals surface area contributed by atoms with Gasteiger partial charge in [0.2, 0.25) is 0 Å². The van der Waals surface area contributed by atoms with Gasteiger partial charge in [0.25, 0.3) is 5.91 Å². The normalized spacial score (nSPS) is 31.2. The van der Waals surface area contributed by atoms with Crippen LogP contribution < -0.4 is 0 Å². The van der Waals surface area contributed by atoms with Crippen molar-refractivity contribution in [2.24, 2.45) is 5.92 Å².